The molecule has 3 rings (SSSR count). The maximum absolute atomic E-state index is 4.57. The Morgan fingerprint density at radius 3 is 3.00 bits per heavy atom. The Balaban J connectivity index is 1.86. The van der Waals surface area contributed by atoms with Crippen molar-refractivity contribution in [3.05, 3.63) is 52.8 Å². The van der Waals surface area contributed by atoms with Crippen molar-refractivity contribution < 1.29 is 0 Å². The zero-order chi connectivity index (χ0) is 13.2. The van der Waals surface area contributed by atoms with Crippen LogP contribution in [0.5, 0.6) is 0 Å². The molecule has 0 aliphatic heterocycles. The van der Waals surface area contributed by atoms with Crippen molar-refractivity contribution in [2.45, 2.75) is 26.8 Å². The van der Waals surface area contributed by atoms with Crippen LogP contribution >= 0.6 is 11.3 Å². The second-order valence-electron chi connectivity index (χ2n) is 4.56. The summed E-state index contributed by atoms with van der Waals surface area (Å²) in [5, 5.41) is 5.61. The molecule has 0 spiro atoms. The van der Waals surface area contributed by atoms with E-state index in [2.05, 4.69) is 64.4 Å². The first-order valence-corrected chi connectivity index (χ1v) is 7.40. The molecule has 1 N–H and O–H groups in total. The van der Waals surface area contributed by atoms with Gasteiger partial charge >= 0.3 is 0 Å². The Kier molecular flexibility index (Phi) is 3.25. The zero-order valence-electron chi connectivity index (χ0n) is 11.2. The maximum atomic E-state index is 4.57. The van der Waals surface area contributed by atoms with Gasteiger partial charge in [-0.3, -0.25) is 4.40 Å². The lowest BCUT2D eigenvalue weighted by Crippen LogP contribution is -2.05. The third-order valence-corrected chi connectivity index (χ3v) is 4.16. The summed E-state index contributed by atoms with van der Waals surface area (Å²) in [6.45, 7) is 5.06. The van der Waals surface area contributed by atoms with Crippen LogP contribution in [0.1, 0.15) is 23.9 Å². The van der Waals surface area contributed by atoms with E-state index < -0.39 is 0 Å². The standard InChI is InChI=1S/C15H17N3S/c1-3-12-6-4-5-7-13(12)16-10-14-11(2)17-15-18(14)8-9-19-15/h4-9,16H,3,10H2,1-2H3. The summed E-state index contributed by atoms with van der Waals surface area (Å²) in [6.07, 6.45) is 3.13. The van der Waals surface area contributed by atoms with Crippen LogP contribution in [0.3, 0.4) is 0 Å². The maximum Gasteiger partial charge on any atom is 0.194 e. The van der Waals surface area contributed by atoms with Crippen LogP contribution in [0, 0.1) is 6.92 Å². The van der Waals surface area contributed by atoms with Crippen LogP contribution in [-0.2, 0) is 13.0 Å². The fraction of sp³-hybridized carbons (Fsp3) is 0.267. The highest BCUT2D eigenvalue weighted by Gasteiger charge is 2.09. The van der Waals surface area contributed by atoms with Gasteiger partial charge < -0.3 is 5.32 Å². The molecule has 0 saturated carbocycles. The molecule has 98 valence electrons. The predicted molar refractivity (Wildman–Crippen MR) is 81.0 cm³/mol. The topological polar surface area (TPSA) is 29.3 Å². The van der Waals surface area contributed by atoms with E-state index in [1.54, 1.807) is 11.3 Å². The van der Waals surface area contributed by atoms with Crippen molar-refractivity contribution in [3.8, 4) is 0 Å². The van der Waals surface area contributed by atoms with E-state index in [9.17, 15) is 0 Å². The number of hydrogen-bond acceptors (Lipinski definition) is 3. The van der Waals surface area contributed by atoms with Crippen LogP contribution in [-0.4, -0.2) is 9.38 Å². The molecular formula is C15H17N3S. The summed E-state index contributed by atoms with van der Waals surface area (Å²) < 4.78 is 2.17. The van der Waals surface area contributed by atoms with Gasteiger partial charge in [0.05, 0.1) is 17.9 Å². The van der Waals surface area contributed by atoms with Crippen LogP contribution in [0.4, 0.5) is 5.69 Å². The third-order valence-electron chi connectivity index (χ3n) is 3.41. The molecule has 0 aliphatic carbocycles. The van der Waals surface area contributed by atoms with Gasteiger partial charge in [-0.25, -0.2) is 4.98 Å². The van der Waals surface area contributed by atoms with Gasteiger partial charge in [-0.05, 0) is 25.0 Å². The van der Waals surface area contributed by atoms with Crippen molar-refractivity contribution in [2.75, 3.05) is 5.32 Å². The van der Waals surface area contributed by atoms with Gasteiger partial charge in [-0.2, -0.15) is 0 Å². The number of nitrogens with one attached hydrogen (secondary N) is 1. The Morgan fingerprint density at radius 2 is 2.16 bits per heavy atom. The van der Waals surface area contributed by atoms with Crippen molar-refractivity contribution >= 4 is 22.0 Å². The third kappa shape index (κ3) is 2.24. The summed E-state index contributed by atoms with van der Waals surface area (Å²) in [5.41, 5.74) is 4.91. The largest absolute Gasteiger partial charge is 0.379 e. The van der Waals surface area contributed by atoms with Gasteiger partial charge in [0.25, 0.3) is 0 Å². The summed E-state index contributed by atoms with van der Waals surface area (Å²) in [5.74, 6) is 0. The summed E-state index contributed by atoms with van der Waals surface area (Å²) in [4.78, 5) is 5.64. The normalized spacial score (nSPS) is 11.1. The van der Waals surface area contributed by atoms with E-state index in [4.69, 9.17) is 0 Å². The van der Waals surface area contributed by atoms with Crippen molar-refractivity contribution in [1.82, 2.24) is 9.38 Å². The Hall–Kier alpha value is -1.81. The number of aryl methyl sites for hydroxylation is 2. The van der Waals surface area contributed by atoms with Crippen molar-refractivity contribution in [3.63, 3.8) is 0 Å². The molecule has 0 radical (unpaired) electrons. The number of fused-ring (bicyclic) bond motifs is 1. The molecule has 0 bridgehead atoms. The number of hydrogen-bond donors (Lipinski definition) is 1. The fourth-order valence-electron chi connectivity index (χ4n) is 2.33. The van der Waals surface area contributed by atoms with E-state index in [0.717, 1.165) is 23.6 Å². The Bertz CT molecular complexity index is 696. The summed E-state index contributed by atoms with van der Waals surface area (Å²) in [6, 6.07) is 8.47. The van der Waals surface area contributed by atoms with Gasteiger partial charge in [-0.15, -0.1) is 11.3 Å². The Labute approximate surface area is 116 Å². The van der Waals surface area contributed by atoms with Crippen molar-refractivity contribution in [1.29, 1.82) is 0 Å². The number of anilines is 1. The zero-order valence-corrected chi connectivity index (χ0v) is 12.0. The first kappa shape index (κ1) is 12.2. The lowest BCUT2D eigenvalue weighted by atomic mass is 10.1. The molecule has 2 heterocycles. The highest BCUT2D eigenvalue weighted by molar-refractivity contribution is 7.15. The molecular weight excluding hydrogens is 254 g/mol. The van der Waals surface area contributed by atoms with Crippen LogP contribution in [0.25, 0.3) is 4.96 Å². The van der Waals surface area contributed by atoms with E-state index in [0.29, 0.717) is 0 Å². The molecule has 0 saturated heterocycles. The van der Waals surface area contributed by atoms with E-state index in [-0.39, 0.29) is 0 Å². The number of rotatable bonds is 4. The molecule has 3 aromatic rings. The van der Waals surface area contributed by atoms with Crippen LogP contribution in [0.2, 0.25) is 0 Å². The van der Waals surface area contributed by atoms with Gasteiger partial charge in [0.2, 0.25) is 0 Å². The van der Waals surface area contributed by atoms with Crippen LogP contribution < -0.4 is 5.32 Å². The molecule has 2 aromatic heterocycles. The first-order chi connectivity index (χ1) is 9.29. The van der Waals surface area contributed by atoms with E-state index in [1.807, 2.05) is 0 Å². The second-order valence-corrected chi connectivity index (χ2v) is 5.44. The van der Waals surface area contributed by atoms with Gasteiger partial charge in [0.1, 0.15) is 0 Å². The average molecular weight is 271 g/mol. The van der Waals surface area contributed by atoms with Gasteiger partial charge in [0, 0.05) is 17.3 Å². The fourth-order valence-corrected chi connectivity index (χ4v) is 3.11. The highest BCUT2D eigenvalue weighted by atomic mass is 32.1. The van der Waals surface area contributed by atoms with Crippen molar-refractivity contribution in [2.24, 2.45) is 0 Å². The minimum atomic E-state index is 0.806. The molecule has 1 aromatic carbocycles. The van der Waals surface area contributed by atoms with Crippen LogP contribution in [0.15, 0.2) is 35.8 Å². The number of nitrogens with zero attached hydrogens (tertiary/aromatic N) is 2. The molecule has 0 amide bonds. The SMILES string of the molecule is CCc1ccccc1NCc1c(C)nc2sccn12. The molecule has 0 atom stereocenters. The lowest BCUT2D eigenvalue weighted by molar-refractivity contribution is 0.987. The minimum Gasteiger partial charge on any atom is -0.379 e. The molecule has 4 heteroatoms. The molecule has 0 unspecified atom stereocenters. The highest BCUT2D eigenvalue weighted by Crippen LogP contribution is 2.20. The minimum absolute atomic E-state index is 0.806. The van der Waals surface area contributed by atoms with Gasteiger partial charge in [-0.1, -0.05) is 25.1 Å². The van der Waals surface area contributed by atoms with Gasteiger partial charge in [0.15, 0.2) is 4.96 Å². The average Bonchev–Trinajstić information content (AvgIpc) is 2.98. The summed E-state index contributed by atoms with van der Waals surface area (Å²) in [7, 11) is 0. The number of aromatic nitrogens is 2. The number of imidazole rings is 1. The smallest absolute Gasteiger partial charge is 0.194 e. The predicted octanol–water partition coefficient (Wildman–Crippen LogP) is 3.88. The van der Waals surface area contributed by atoms with E-state index >= 15 is 0 Å². The monoisotopic (exact) mass is 271 g/mol. The number of thiazole rings is 1. The number of benzene rings is 1. The molecule has 0 fully saturated rings. The van der Waals surface area contributed by atoms with E-state index in [1.165, 1.54) is 16.9 Å². The molecule has 3 nitrogen and oxygen atoms in total. The molecule has 0 aliphatic rings. The summed E-state index contributed by atoms with van der Waals surface area (Å²) >= 11 is 1.68. The first-order valence-electron chi connectivity index (χ1n) is 6.52. The quantitative estimate of drug-likeness (QED) is 0.780. The molecule has 19 heavy (non-hydrogen) atoms. The second kappa shape index (κ2) is 5.05. The lowest BCUT2D eigenvalue weighted by Gasteiger charge is -2.10. The number of para-hydroxylation sites is 1. The Morgan fingerprint density at radius 1 is 1.32 bits per heavy atom.